The van der Waals surface area contributed by atoms with Crippen LogP contribution in [0.15, 0.2) is 85.2 Å². The Morgan fingerprint density at radius 3 is 1.88 bits per heavy atom. The van der Waals surface area contributed by atoms with Crippen molar-refractivity contribution in [3.05, 3.63) is 102 Å². The predicted molar refractivity (Wildman–Crippen MR) is 135 cm³/mol. The number of ether oxygens (including phenoxy) is 2. The third-order valence-electron chi connectivity index (χ3n) is 6.36. The second kappa shape index (κ2) is 9.10. The van der Waals surface area contributed by atoms with E-state index in [0.29, 0.717) is 12.4 Å². The minimum atomic E-state index is -0.371. The maximum Gasteiger partial charge on any atom is 0.344 e. The van der Waals surface area contributed by atoms with Crippen LogP contribution in [0.4, 0.5) is 0 Å². The van der Waals surface area contributed by atoms with Crippen LogP contribution < -0.4 is 4.74 Å². The van der Waals surface area contributed by atoms with Crippen LogP contribution >= 0.6 is 0 Å². The number of hydrogen-bond donors (Lipinski definition) is 0. The van der Waals surface area contributed by atoms with E-state index in [-0.39, 0.29) is 18.5 Å². The zero-order chi connectivity index (χ0) is 23.7. The third kappa shape index (κ3) is 3.83. The SMILES string of the molecule is CCOC(=O)COc1ccccc1C(c1cn(C)c2ccccc12)c1cn(C)c2ccccc12. The largest absolute Gasteiger partial charge is 0.482 e. The normalized spacial score (nSPS) is 11.4. The Balaban J connectivity index is 1.73. The Kier molecular flexibility index (Phi) is 5.84. The van der Waals surface area contributed by atoms with E-state index in [2.05, 4.69) is 90.2 Å². The molecule has 2 heterocycles. The standard InChI is InChI=1S/C29H28N2O3/c1-4-33-28(32)19-34-27-16-10-7-13-22(27)29(23-17-30(2)25-14-8-5-11-20(23)25)24-18-31(3)26-15-9-6-12-21(24)26/h5-18,29H,4,19H2,1-3H3. The Morgan fingerprint density at radius 1 is 0.765 bits per heavy atom. The fraction of sp³-hybridized carbons (Fsp3) is 0.207. The number of aromatic nitrogens is 2. The van der Waals surface area contributed by atoms with Gasteiger partial charge in [0, 0.05) is 59.8 Å². The molecule has 172 valence electrons. The number of aryl methyl sites for hydroxylation is 2. The van der Waals surface area contributed by atoms with Gasteiger partial charge in [-0.2, -0.15) is 0 Å². The molecule has 0 saturated heterocycles. The van der Waals surface area contributed by atoms with Gasteiger partial charge in [0.15, 0.2) is 6.61 Å². The predicted octanol–water partition coefficient (Wildman–Crippen LogP) is 5.79. The van der Waals surface area contributed by atoms with Crippen molar-refractivity contribution in [3.8, 4) is 5.75 Å². The maximum atomic E-state index is 12.0. The van der Waals surface area contributed by atoms with Gasteiger partial charge in [-0.3, -0.25) is 0 Å². The first kappa shape index (κ1) is 21.8. The van der Waals surface area contributed by atoms with Crippen LogP contribution in [0.1, 0.15) is 29.5 Å². The van der Waals surface area contributed by atoms with E-state index < -0.39 is 0 Å². The van der Waals surface area contributed by atoms with Crippen LogP contribution in [-0.4, -0.2) is 28.3 Å². The molecule has 0 aliphatic heterocycles. The van der Waals surface area contributed by atoms with Crippen molar-refractivity contribution in [2.45, 2.75) is 12.8 Å². The van der Waals surface area contributed by atoms with Crippen molar-refractivity contribution in [2.75, 3.05) is 13.2 Å². The number of hydrogen-bond acceptors (Lipinski definition) is 3. The monoisotopic (exact) mass is 452 g/mol. The molecule has 0 bridgehead atoms. The molecular formula is C29H28N2O3. The number of carbonyl (C=O) groups is 1. The molecule has 0 N–H and O–H groups in total. The van der Waals surface area contributed by atoms with Gasteiger partial charge in [0.2, 0.25) is 0 Å². The van der Waals surface area contributed by atoms with Crippen molar-refractivity contribution in [1.29, 1.82) is 0 Å². The van der Waals surface area contributed by atoms with Gasteiger partial charge in [-0.15, -0.1) is 0 Å². The fourth-order valence-corrected chi connectivity index (χ4v) is 4.90. The van der Waals surface area contributed by atoms with E-state index in [0.717, 1.165) is 5.56 Å². The highest BCUT2D eigenvalue weighted by Crippen LogP contribution is 2.43. The van der Waals surface area contributed by atoms with Gasteiger partial charge < -0.3 is 18.6 Å². The number of esters is 1. The number of carbonyl (C=O) groups excluding carboxylic acids is 1. The van der Waals surface area contributed by atoms with Crippen molar-refractivity contribution in [2.24, 2.45) is 14.1 Å². The summed E-state index contributed by atoms with van der Waals surface area (Å²) >= 11 is 0. The molecule has 2 aromatic heterocycles. The summed E-state index contributed by atoms with van der Waals surface area (Å²) < 4.78 is 15.5. The minimum absolute atomic E-state index is 0.0874. The summed E-state index contributed by atoms with van der Waals surface area (Å²) in [5.41, 5.74) is 5.75. The summed E-state index contributed by atoms with van der Waals surface area (Å²) in [6.45, 7) is 2.00. The molecule has 0 aliphatic carbocycles. The van der Waals surface area contributed by atoms with E-state index >= 15 is 0 Å². The van der Waals surface area contributed by atoms with Crippen molar-refractivity contribution in [1.82, 2.24) is 9.13 Å². The zero-order valence-corrected chi connectivity index (χ0v) is 19.7. The lowest BCUT2D eigenvalue weighted by atomic mass is 9.84. The topological polar surface area (TPSA) is 45.4 Å². The molecule has 5 aromatic rings. The lowest BCUT2D eigenvalue weighted by Gasteiger charge is -2.21. The van der Waals surface area contributed by atoms with Crippen molar-refractivity contribution < 1.29 is 14.3 Å². The molecular weight excluding hydrogens is 424 g/mol. The highest BCUT2D eigenvalue weighted by Gasteiger charge is 2.27. The van der Waals surface area contributed by atoms with E-state index in [1.54, 1.807) is 6.92 Å². The first-order valence-corrected chi connectivity index (χ1v) is 11.5. The molecule has 5 nitrogen and oxygen atoms in total. The van der Waals surface area contributed by atoms with Crippen LogP contribution in [0.2, 0.25) is 0 Å². The van der Waals surface area contributed by atoms with Crippen molar-refractivity contribution in [3.63, 3.8) is 0 Å². The van der Waals surface area contributed by atoms with E-state index in [9.17, 15) is 4.79 Å². The molecule has 0 saturated carbocycles. The van der Waals surface area contributed by atoms with Gasteiger partial charge in [-0.05, 0) is 36.2 Å². The molecule has 5 heteroatoms. The highest BCUT2D eigenvalue weighted by atomic mass is 16.6. The number of fused-ring (bicyclic) bond motifs is 2. The van der Waals surface area contributed by atoms with Gasteiger partial charge in [-0.25, -0.2) is 4.79 Å². The molecule has 0 fully saturated rings. The number of para-hydroxylation sites is 3. The molecule has 34 heavy (non-hydrogen) atoms. The Labute approximate surface area is 199 Å². The van der Waals surface area contributed by atoms with E-state index in [4.69, 9.17) is 9.47 Å². The first-order valence-electron chi connectivity index (χ1n) is 11.5. The fourth-order valence-electron chi connectivity index (χ4n) is 4.90. The lowest BCUT2D eigenvalue weighted by Crippen LogP contribution is -2.16. The Bertz CT molecular complexity index is 1400. The molecule has 0 radical (unpaired) electrons. The van der Waals surface area contributed by atoms with Gasteiger partial charge in [-0.1, -0.05) is 54.6 Å². The van der Waals surface area contributed by atoms with Crippen LogP contribution in [0.3, 0.4) is 0 Å². The maximum absolute atomic E-state index is 12.0. The highest BCUT2D eigenvalue weighted by molar-refractivity contribution is 5.90. The van der Waals surface area contributed by atoms with Crippen LogP contribution in [0.25, 0.3) is 21.8 Å². The third-order valence-corrected chi connectivity index (χ3v) is 6.36. The van der Waals surface area contributed by atoms with Crippen LogP contribution in [-0.2, 0) is 23.6 Å². The smallest absolute Gasteiger partial charge is 0.344 e. The summed E-state index contributed by atoms with van der Waals surface area (Å²) in [5, 5.41) is 2.39. The summed E-state index contributed by atoms with van der Waals surface area (Å²) in [6.07, 6.45) is 4.42. The Hall–Kier alpha value is -3.99. The van der Waals surface area contributed by atoms with E-state index in [1.807, 2.05) is 18.2 Å². The van der Waals surface area contributed by atoms with E-state index in [1.165, 1.54) is 32.9 Å². The number of nitrogens with zero attached hydrogens (tertiary/aromatic N) is 2. The second-order valence-electron chi connectivity index (χ2n) is 8.49. The Morgan fingerprint density at radius 2 is 1.29 bits per heavy atom. The first-order chi connectivity index (χ1) is 16.6. The minimum Gasteiger partial charge on any atom is -0.482 e. The van der Waals surface area contributed by atoms with Crippen molar-refractivity contribution >= 4 is 27.8 Å². The van der Waals surface area contributed by atoms with Crippen LogP contribution in [0, 0.1) is 0 Å². The zero-order valence-electron chi connectivity index (χ0n) is 19.7. The molecule has 0 unspecified atom stereocenters. The number of benzene rings is 3. The van der Waals surface area contributed by atoms with Gasteiger partial charge >= 0.3 is 5.97 Å². The summed E-state index contributed by atoms with van der Waals surface area (Å²) in [7, 11) is 4.16. The number of rotatable bonds is 7. The van der Waals surface area contributed by atoms with Gasteiger partial charge in [0.25, 0.3) is 0 Å². The average Bonchev–Trinajstić information content (AvgIpc) is 3.36. The second-order valence-corrected chi connectivity index (χ2v) is 8.49. The summed E-state index contributed by atoms with van der Waals surface area (Å²) in [4.78, 5) is 12.0. The van der Waals surface area contributed by atoms with Crippen LogP contribution in [0.5, 0.6) is 5.75 Å². The molecule has 0 aliphatic rings. The molecule has 3 aromatic carbocycles. The molecule has 0 atom stereocenters. The molecule has 0 amide bonds. The lowest BCUT2D eigenvalue weighted by molar-refractivity contribution is -0.145. The average molecular weight is 453 g/mol. The quantitative estimate of drug-likeness (QED) is 0.294. The molecule has 5 rings (SSSR count). The molecule has 0 spiro atoms. The summed E-state index contributed by atoms with van der Waals surface area (Å²) in [5.74, 6) is 0.223. The summed E-state index contributed by atoms with van der Waals surface area (Å²) in [6, 6.07) is 24.9. The van der Waals surface area contributed by atoms with Gasteiger partial charge in [0.1, 0.15) is 5.75 Å². The van der Waals surface area contributed by atoms with Gasteiger partial charge in [0.05, 0.1) is 6.61 Å².